The number of hydrogen-bond donors (Lipinski definition) is 1. The number of nitriles is 1. The number of nitro groups is 1. The predicted molar refractivity (Wildman–Crippen MR) is 139 cm³/mol. The van der Waals surface area contributed by atoms with Gasteiger partial charge in [0.15, 0.2) is 21.3 Å². The van der Waals surface area contributed by atoms with Crippen molar-refractivity contribution in [3.63, 3.8) is 0 Å². The van der Waals surface area contributed by atoms with Crippen LogP contribution in [0.25, 0.3) is 16.8 Å². The van der Waals surface area contributed by atoms with Crippen LogP contribution in [0.1, 0.15) is 5.56 Å². The van der Waals surface area contributed by atoms with Crippen molar-refractivity contribution in [1.82, 2.24) is 14.6 Å². The highest BCUT2D eigenvalue weighted by atomic mass is 32.2. The summed E-state index contributed by atoms with van der Waals surface area (Å²) in [6.07, 6.45) is 3.85. The Morgan fingerprint density at radius 1 is 1.05 bits per heavy atom. The van der Waals surface area contributed by atoms with Crippen LogP contribution in [0.5, 0.6) is 11.5 Å². The van der Waals surface area contributed by atoms with Crippen LogP contribution < -0.4 is 10.1 Å². The van der Waals surface area contributed by atoms with Gasteiger partial charge in [0.1, 0.15) is 23.1 Å². The minimum Gasteiger partial charge on any atom is -0.457 e. The van der Waals surface area contributed by atoms with Gasteiger partial charge in [0, 0.05) is 36.0 Å². The highest BCUT2D eigenvalue weighted by Crippen LogP contribution is 2.33. The summed E-state index contributed by atoms with van der Waals surface area (Å²) < 4.78 is 30.9. The molecule has 0 spiro atoms. The summed E-state index contributed by atoms with van der Waals surface area (Å²) >= 11 is 0. The first kappa shape index (κ1) is 24.4. The van der Waals surface area contributed by atoms with E-state index in [0.29, 0.717) is 22.7 Å². The Morgan fingerprint density at radius 3 is 2.42 bits per heavy atom. The Morgan fingerprint density at radius 2 is 1.76 bits per heavy atom. The second-order valence-corrected chi connectivity index (χ2v) is 10.2. The van der Waals surface area contributed by atoms with Crippen LogP contribution in [0.2, 0.25) is 0 Å². The molecule has 0 saturated carbocycles. The number of nitrogens with one attached hydrogen (secondary N) is 1. The Balaban J connectivity index is 1.46. The van der Waals surface area contributed by atoms with E-state index in [2.05, 4.69) is 21.5 Å². The van der Waals surface area contributed by atoms with Gasteiger partial charge in [0.2, 0.25) is 0 Å². The number of fused-ring (bicyclic) bond motifs is 1. The van der Waals surface area contributed by atoms with Gasteiger partial charge in [-0.1, -0.05) is 18.2 Å². The molecule has 5 rings (SSSR count). The van der Waals surface area contributed by atoms with Crippen LogP contribution in [0.3, 0.4) is 0 Å². The largest absolute Gasteiger partial charge is 0.457 e. The van der Waals surface area contributed by atoms with Crippen LogP contribution in [0, 0.1) is 21.4 Å². The maximum Gasteiger partial charge on any atom is 0.278 e. The number of nitro benzene ring substituents is 1. The number of para-hydroxylation sites is 1. The average molecular weight is 527 g/mol. The molecular formula is C26H18N6O5S. The molecule has 2 heterocycles. The van der Waals surface area contributed by atoms with E-state index < -0.39 is 20.4 Å². The van der Waals surface area contributed by atoms with E-state index in [1.165, 1.54) is 29.0 Å². The number of anilines is 2. The molecule has 11 nitrogen and oxygen atoms in total. The van der Waals surface area contributed by atoms with E-state index in [9.17, 15) is 23.8 Å². The minimum atomic E-state index is -3.64. The third-order valence-electron chi connectivity index (χ3n) is 5.59. The Hall–Kier alpha value is -5.28. The molecule has 0 saturated heterocycles. The highest BCUT2D eigenvalue weighted by molar-refractivity contribution is 7.90. The molecule has 0 atom stereocenters. The summed E-state index contributed by atoms with van der Waals surface area (Å²) in [5.74, 6) is 1.58. The molecule has 188 valence electrons. The van der Waals surface area contributed by atoms with Gasteiger partial charge in [0.25, 0.3) is 5.69 Å². The monoisotopic (exact) mass is 526 g/mol. The lowest BCUT2D eigenvalue weighted by Crippen LogP contribution is -2.01. The smallest absolute Gasteiger partial charge is 0.278 e. The van der Waals surface area contributed by atoms with Gasteiger partial charge in [-0.15, -0.1) is 5.10 Å². The topological polar surface area (TPSA) is 153 Å². The van der Waals surface area contributed by atoms with Crippen LogP contribution in [-0.4, -0.2) is 34.2 Å². The zero-order valence-corrected chi connectivity index (χ0v) is 20.6. The summed E-state index contributed by atoms with van der Waals surface area (Å²) in [5, 5.41) is 28.9. The van der Waals surface area contributed by atoms with Crippen molar-refractivity contribution < 1.29 is 18.1 Å². The molecule has 0 aliphatic carbocycles. The number of nitrogens with zero attached hydrogens (tertiary/aromatic N) is 5. The lowest BCUT2D eigenvalue weighted by atomic mass is 10.1. The van der Waals surface area contributed by atoms with Crippen LogP contribution in [0.4, 0.5) is 17.2 Å². The van der Waals surface area contributed by atoms with Gasteiger partial charge in [-0.3, -0.25) is 10.1 Å². The molecule has 12 heteroatoms. The normalized spacial score (nSPS) is 11.2. The number of sulfone groups is 1. The van der Waals surface area contributed by atoms with Gasteiger partial charge in [0.05, 0.1) is 15.4 Å². The Labute approximate surface area is 216 Å². The van der Waals surface area contributed by atoms with Crippen LogP contribution in [-0.2, 0) is 9.84 Å². The quantitative estimate of drug-likeness (QED) is 0.225. The van der Waals surface area contributed by atoms with Crippen molar-refractivity contribution in [3.8, 4) is 28.7 Å². The first-order valence-corrected chi connectivity index (χ1v) is 13.0. The SMILES string of the molecule is CS(=O)(=O)c1ccc(-c2cnc3c(C#N)c(Nc4ccc(Oc5ccccc5)cc4)nn3c2)c([N+](=O)[O-])c1. The molecular weight excluding hydrogens is 508 g/mol. The highest BCUT2D eigenvalue weighted by Gasteiger charge is 2.22. The predicted octanol–water partition coefficient (Wildman–Crippen LogP) is 5.12. The lowest BCUT2D eigenvalue weighted by molar-refractivity contribution is -0.384. The minimum absolute atomic E-state index is 0.161. The maximum absolute atomic E-state index is 11.9. The zero-order valence-electron chi connectivity index (χ0n) is 19.8. The van der Waals surface area contributed by atoms with Crippen LogP contribution in [0.15, 0.2) is 90.1 Å². The number of ether oxygens (including phenoxy) is 1. The molecule has 0 aliphatic heterocycles. The van der Waals surface area contributed by atoms with Gasteiger partial charge >= 0.3 is 0 Å². The summed E-state index contributed by atoms with van der Waals surface area (Å²) in [4.78, 5) is 15.2. The van der Waals surface area contributed by atoms with E-state index >= 15 is 0 Å². The summed E-state index contributed by atoms with van der Waals surface area (Å²) in [7, 11) is -3.64. The third kappa shape index (κ3) is 4.86. The van der Waals surface area contributed by atoms with E-state index in [1.54, 1.807) is 24.3 Å². The summed E-state index contributed by atoms with van der Waals surface area (Å²) in [5.41, 5.74) is 1.18. The van der Waals surface area contributed by atoms with E-state index in [4.69, 9.17) is 4.74 Å². The molecule has 0 bridgehead atoms. The Kier molecular flexibility index (Phi) is 6.20. The van der Waals surface area contributed by atoms with Gasteiger partial charge in [-0.2, -0.15) is 5.26 Å². The zero-order chi connectivity index (χ0) is 26.9. The fourth-order valence-corrected chi connectivity index (χ4v) is 4.41. The second kappa shape index (κ2) is 9.64. The maximum atomic E-state index is 11.9. The first-order valence-electron chi connectivity index (χ1n) is 11.1. The van der Waals surface area contributed by atoms with Crippen molar-refractivity contribution >= 4 is 32.7 Å². The first-order chi connectivity index (χ1) is 18.2. The molecule has 5 aromatic rings. The van der Waals surface area contributed by atoms with Crippen molar-refractivity contribution in [2.24, 2.45) is 0 Å². The molecule has 0 aliphatic rings. The fraction of sp³-hybridized carbons (Fsp3) is 0.0385. The van der Waals surface area contributed by atoms with Crippen molar-refractivity contribution in [1.29, 1.82) is 5.26 Å². The average Bonchev–Trinajstić information content (AvgIpc) is 3.25. The van der Waals surface area contributed by atoms with Crippen molar-refractivity contribution in [2.45, 2.75) is 4.90 Å². The van der Waals surface area contributed by atoms with Crippen molar-refractivity contribution in [2.75, 3.05) is 11.6 Å². The third-order valence-corrected chi connectivity index (χ3v) is 6.70. The summed E-state index contributed by atoms with van der Waals surface area (Å²) in [6.45, 7) is 0. The number of aromatic nitrogens is 3. The molecule has 0 unspecified atom stereocenters. The fourth-order valence-electron chi connectivity index (χ4n) is 3.77. The van der Waals surface area contributed by atoms with Gasteiger partial charge in [-0.05, 0) is 48.5 Å². The van der Waals surface area contributed by atoms with Crippen molar-refractivity contribution in [3.05, 3.63) is 101 Å². The number of benzene rings is 3. The molecule has 0 amide bonds. The second-order valence-electron chi connectivity index (χ2n) is 8.22. The van der Waals surface area contributed by atoms with Gasteiger partial charge in [-0.25, -0.2) is 17.9 Å². The number of hydrogen-bond acceptors (Lipinski definition) is 9. The Bertz CT molecular complexity index is 1830. The molecule has 0 fully saturated rings. The molecule has 1 N–H and O–H groups in total. The van der Waals surface area contributed by atoms with E-state index in [1.807, 2.05) is 30.3 Å². The number of rotatable bonds is 7. The lowest BCUT2D eigenvalue weighted by Gasteiger charge is -2.07. The molecule has 38 heavy (non-hydrogen) atoms. The molecule has 3 aromatic carbocycles. The summed E-state index contributed by atoms with van der Waals surface area (Å²) in [6, 6.07) is 22.2. The standard InChI is InChI=1S/C26H18N6O5S/c1-38(35,36)21-11-12-22(24(13-21)32(33)34)17-15-28-26-23(14-27)25(30-31(26)16-17)29-18-7-9-20(10-8-18)37-19-5-3-2-4-6-19/h2-13,15-16H,1H3,(H,29,30). The van der Waals surface area contributed by atoms with E-state index in [-0.39, 0.29) is 27.5 Å². The molecule has 2 aromatic heterocycles. The van der Waals surface area contributed by atoms with Gasteiger partial charge < -0.3 is 10.1 Å². The molecule has 0 radical (unpaired) electrons. The van der Waals surface area contributed by atoms with E-state index in [0.717, 1.165) is 12.3 Å². The van der Waals surface area contributed by atoms with Crippen LogP contribution >= 0.6 is 0 Å².